The van der Waals surface area contributed by atoms with Crippen LogP contribution in [0.4, 0.5) is 10.7 Å². The lowest BCUT2D eigenvalue weighted by Gasteiger charge is -2.32. The lowest BCUT2D eigenvalue weighted by Crippen LogP contribution is -2.41. The van der Waals surface area contributed by atoms with Gasteiger partial charge in [-0.05, 0) is 38.7 Å². The quantitative estimate of drug-likeness (QED) is 0.663. The molecule has 0 bridgehead atoms. The van der Waals surface area contributed by atoms with Crippen molar-refractivity contribution in [1.82, 2.24) is 15.3 Å². The zero-order valence-corrected chi connectivity index (χ0v) is 19.6. The summed E-state index contributed by atoms with van der Waals surface area (Å²) in [5, 5.41) is 2.80. The number of carbonyl (C=O) groups excluding carboxylic acids is 1. The first-order chi connectivity index (χ1) is 15.1. The number of amides is 1. The van der Waals surface area contributed by atoms with E-state index in [1.807, 2.05) is 83.1 Å². The molecular formula is C23H31BN4O4. The largest absolute Gasteiger partial charge is 0.492 e. The van der Waals surface area contributed by atoms with Crippen LogP contribution in [0.2, 0.25) is 0 Å². The fraction of sp³-hybridized carbons (Fsp3) is 0.435. The molecule has 0 unspecified atom stereocenters. The fourth-order valence-electron chi connectivity index (χ4n) is 3.00. The topological polar surface area (TPSA) is 85.8 Å². The number of nitrogens with one attached hydrogen (secondary N) is 1. The molecule has 0 spiro atoms. The Labute approximate surface area is 190 Å². The average molecular weight is 438 g/mol. The van der Waals surface area contributed by atoms with E-state index in [1.54, 1.807) is 12.4 Å². The van der Waals surface area contributed by atoms with Crippen molar-refractivity contribution in [3.8, 4) is 0 Å². The Bertz CT molecular complexity index is 930. The average Bonchev–Trinajstić information content (AvgIpc) is 2.97. The maximum absolute atomic E-state index is 12.3. The molecule has 3 rings (SSSR count). The Hall–Kier alpha value is -2.91. The van der Waals surface area contributed by atoms with Gasteiger partial charge in [0.25, 0.3) is 0 Å². The van der Waals surface area contributed by atoms with Gasteiger partial charge in [0.2, 0.25) is 5.95 Å². The third-order valence-corrected chi connectivity index (χ3v) is 5.62. The van der Waals surface area contributed by atoms with E-state index in [0.717, 1.165) is 16.6 Å². The van der Waals surface area contributed by atoms with Gasteiger partial charge in [-0.1, -0.05) is 36.4 Å². The van der Waals surface area contributed by atoms with Crippen LogP contribution in [0.15, 0.2) is 48.2 Å². The molecular weight excluding hydrogens is 407 g/mol. The van der Waals surface area contributed by atoms with Crippen molar-refractivity contribution >= 4 is 25.2 Å². The molecule has 1 aromatic heterocycles. The highest BCUT2D eigenvalue weighted by atomic mass is 16.7. The number of hydrogen-bond acceptors (Lipinski definition) is 7. The van der Waals surface area contributed by atoms with Crippen LogP contribution in [0.25, 0.3) is 6.08 Å². The van der Waals surface area contributed by atoms with Crippen molar-refractivity contribution in [3.05, 3.63) is 59.3 Å². The number of nitrogens with zero attached hydrogens (tertiary/aromatic N) is 3. The normalized spacial score (nSPS) is 17.2. The SMILES string of the molecule is CN(C)c1ncc(C=C(CNC(=O)OCc2ccccc2)B2OC(C)(C)C(C)(C)O2)cn1. The second kappa shape index (κ2) is 9.71. The van der Waals surface area contributed by atoms with Gasteiger partial charge in [0.1, 0.15) is 6.61 Å². The second-order valence-electron chi connectivity index (χ2n) is 8.93. The van der Waals surface area contributed by atoms with E-state index < -0.39 is 24.4 Å². The van der Waals surface area contributed by atoms with E-state index in [9.17, 15) is 4.79 Å². The van der Waals surface area contributed by atoms with E-state index >= 15 is 0 Å². The van der Waals surface area contributed by atoms with Crippen LogP contribution in [-0.2, 0) is 20.7 Å². The summed E-state index contributed by atoms with van der Waals surface area (Å²) in [6.45, 7) is 8.34. The predicted octanol–water partition coefficient (Wildman–Crippen LogP) is 3.48. The molecule has 32 heavy (non-hydrogen) atoms. The molecule has 170 valence electrons. The van der Waals surface area contributed by atoms with E-state index in [4.69, 9.17) is 14.0 Å². The second-order valence-corrected chi connectivity index (χ2v) is 8.93. The smallest absolute Gasteiger partial charge is 0.445 e. The summed E-state index contributed by atoms with van der Waals surface area (Å²) in [5.74, 6) is 0.613. The van der Waals surface area contributed by atoms with Gasteiger partial charge in [0, 0.05) is 38.6 Å². The summed E-state index contributed by atoms with van der Waals surface area (Å²) in [5.41, 5.74) is 1.43. The molecule has 1 N–H and O–H groups in total. The van der Waals surface area contributed by atoms with Crippen molar-refractivity contribution in [2.45, 2.75) is 45.5 Å². The Morgan fingerprint density at radius 2 is 1.69 bits per heavy atom. The number of hydrogen-bond donors (Lipinski definition) is 1. The van der Waals surface area contributed by atoms with Gasteiger partial charge in [0.05, 0.1) is 11.2 Å². The molecule has 1 saturated heterocycles. The summed E-state index contributed by atoms with van der Waals surface area (Å²) in [4.78, 5) is 22.8. The maximum atomic E-state index is 12.3. The van der Waals surface area contributed by atoms with Crippen LogP contribution in [0, 0.1) is 0 Å². The minimum Gasteiger partial charge on any atom is -0.445 e. The first kappa shape index (κ1) is 23.8. The van der Waals surface area contributed by atoms with Gasteiger partial charge >= 0.3 is 13.2 Å². The molecule has 1 aromatic carbocycles. The van der Waals surface area contributed by atoms with Gasteiger partial charge in [-0.15, -0.1) is 0 Å². The summed E-state index contributed by atoms with van der Waals surface area (Å²) in [7, 11) is 3.14. The van der Waals surface area contributed by atoms with Gasteiger partial charge < -0.3 is 24.3 Å². The van der Waals surface area contributed by atoms with Crippen LogP contribution >= 0.6 is 0 Å². The lowest BCUT2D eigenvalue weighted by atomic mass is 9.77. The Morgan fingerprint density at radius 3 is 2.25 bits per heavy atom. The van der Waals surface area contributed by atoms with E-state index in [0.29, 0.717) is 5.95 Å². The highest BCUT2D eigenvalue weighted by Crippen LogP contribution is 2.38. The molecule has 0 saturated carbocycles. The van der Waals surface area contributed by atoms with E-state index in [1.165, 1.54) is 0 Å². The van der Waals surface area contributed by atoms with Crippen LogP contribution in [0.3, 0.4) is 0 Å². The number of anilines is 1. The minimum absolute atomic E-state index is 0.194. The number of carbonyl (C=O) groups is 1. The third-order valence-electron chi connectivity index (χ3n) is 5.62. The number of benzene rings is 1. The summed E-state index contributed by atoms with van der Waals surface area (Å²) in [6, 6.07) is 9.53. The van der Waals surface area contributed by atoms with Crippen LogP contribution in [0.5, 0.6) is 0 Å². The Morgan fingerprint density at radius 1 is 1.09 bits per heavy atom. The molecule has 9 heteroatoms. The monoisotopic (exact) mass is 438 g/mol. The number of rotatable bonds is 7. The van der Waals surface area contributed by atoms with Crippen LogP contribution in [-0.4, -0.2) is 55.0 Å². The first-order valence-corrected chi connectivity index (χ1v) is 10.6. The zero-order chi connectivity index (χ0) is 23.4. The molecule has 1 aliphatic heterocycles. The van der Waals surface area contributed by atoms with E-state index in [2.05, 4.69) is 15.3 Å². The van der Waals surface area contributed by atoms with Crippen LogP contribution < -0.4 is 10.2 Å². The number of alkyl carbamates (subject to hydrolysis) is 1. The van der Waals surface area contributed by atoms with Crippen molar-refractivity contribution in [1.29, 1.82) is 0 Å². The molecule has 2 heterocycles. The molecule has 0 atom stereocenters. The molecule has 0 aliphatic carbocycles. The van der Waals surface area contributed by atoms with Crippen molar-refractivity contribution in [2.24, 2.45) is 0 Å². The first-order valence-electron chi connectivity index (χ1n) is 10.6. The summed E-state index contributed by atoms with van der Waals surface area (Å²) in [6.07, 6.45) is 4.80. The highest BCUT2D eigenvalue weighted by Gasteiger charge is 2.52. The highest BCUT2D eigenvalue weighted by molar-refractivity contribution is 6.56. The molecule has 1 aliphatic rings. The summed E-state index contributed by atoms with van der Waals surface area (Å²) >= 11 is 0. The van der Waals surface area contributed by atoms with Gasteiger partial charge in [0.15, 0.2) is 0 Å². The minimum atomic E-state index is -0.622. The molecule has 1 amide bonds. The molecule has 0 radical (unpaired) electrons. The number of aromatic nitrogens is 2. The third kappa shape index (κ3) is 5.86. The molecule has 1 fully saturated rings. The molecule has 2 aromatic rings. The fourth-order valence-corrected chi connectivity index (χ4v) is 3.00. The summed E-state index contributed by atoms with van der Waals surface area (Å²) < 4.78 is 17.7. The maximum Gasteiger partial charge on any atom is 0.492 e. The van der Waals surface area contributed by atoms with Crippen molar-refractivity contribution in [3.63, 3.8) is 0 Å². The van der Waals surface area contributed by atoms with Gasteiger partial charge in [-0.3, -0.25) is 0 Å². The van der Waals surface area contributed by atoms with Gasteiger partial charge in [-0.2, -0.15) is 0 Å². The number of ether oxygens (including phenoxy) is 1. The van der Waals surface area contributed by atoms with Crippen molar-refractivity contribution in [2.75, 3.05) is 25.5 Å². The Balaban J connectivity index is 1.72. The lowest BCUT2D eigenvalue weighted by molar-refractivity contribution is 0.00578. The standard InChI is InChI=1S/C23H31BN4O4/c1-22(2)23(3,4)32-24(31-22)19(12-18-13-25-20(26-14-18)28(5)6)15-27-21(29)30-16-17-10-8-7-9-11-17/h7-14H,15-16H2,1-6H3,(H,27,29). The Kier molecular flexibility index (Phi) is 7.21. The van der Waals surface area contributed by atoms with Crippen LogP contribution in [0.1, 0.15) is 38.8 Å². The predicted molar refractivity (Wildman–Crippen MR) is 125 cm³/mol. The molecule has 8 nitrogen and oxygen atoms in total. The van der Waals surface area contributed by atoms with E-state index in [-0.39, 0.29) is 13.2 Å². The zero-order valence-electron chi connectivity index (χ0n) is 19.6. The van der Waals surface area contributed by atoms with Gasteiger partial charge in [-0.25, -0.2) is 14.8 Å². The van der Waals surface area contributed by atoms with Crippen molar-refractivity contribution < 1.29 is 18.8 Å².